The van der Waals surface area contributed by atoms with Crippen molar-refractivity contribution in [1.29, 1.82) is 0 Å². The molecule has 9 nitrogen and oxygen atoms in total. The van der Waals surface area contributed by atoms with Crippen molar-refractivity contribution < 1.29 is 28.7 Å². The lowest BCUT2D eigenvalue weighted by atomic mass is 9.92. The van der Waals surface area contributed by atoms with Crippen LogP contribution in [0, 0.1) is 15.9 Å². The summed E-state index contributed by atoms with van der Waals surface area (Å²) in [6.07, 6.45) is -1.18. The lowest BCUT2D eigenvalue weighted by Crippen LogP contribution is -2.42. The molecule has 0 saturated carbocycles. The molecule has 1 aliphatic heterocycles. The minimum atomic E-state index is -1.42. The van der Waals surface area contributed by atoms with Crippen LogP contribution in [0.5, 0.6) is 0 Å². The van der Waals surface area contributed by atoms with Gasteiger partial charge in [-0.1, -0.05) is 18.2 Å². The van der Waals surface area contributed by atoms with Crippen molar-refractivity contribution in [3.8, 4) is 0 Å². The number of carbonyl (C=O) groups is 2. The third kappa shape index (κ3) is 4.29. The maximum Gasteiger partial charge on any atom is 0.325 e. The van der Waals surface area contributed by atoms with Crippen LogP contribution in [0.25, 0.3) is 0 Å². The molecule has 3 amide bonds. The summed E-state index contributed by atoms with van der Waals surface area (Å²) in [5.41, 5.74) is -0.858. The predicted molar refractivity (Wildman–Crippen MR) is 103 cm³/mol. The van der Waals surface area contributed by atoms with Gasteiger partial charge in [-0.3, -0.25) is 19.8 Å². The molecule has 1 heterocycles. The van der Waals surface area contributed by atoms with Crippen LogP contribution in [-0.2, 0) is 21.7 Å². The molecule has 0 bridgehead atoms. The molecule has 3 rings (SSSR count). The van der Waals surface area contributed by atoms with E-state index in [2.05, 4.69) is 5.32 Å². The van der Waals surface area contributed by atoms with Gasteiger partial charge in [-0.05, 0) is 30.7 Å². The van der Waals surface area contributed by atoms with Crippen molar-refractivity contribution in [3.63, 3.8) is 0 Å². The Balaban J connectivity index is 1.61. The van der Waals surface area contributed by atoms with Crippen LogP contribution in [-0.4, -0.2) is 46.1 Å². The van der Waals surface area contributed by atoms with Crippen molar-refractivity contribution in [2.75, 3.05) is 13.2 Å². The average molecular weight is 417 g/mol. The first-order chi connectivity index (χ1) is 14.2. The highest BCUT2D eigenvalue weighted by molar-refractivity contribution is 6.07. The average Bonchev–Trinajstić information content (AvgIpc) is 2.93. The SMILES string of the molecule is C[C@@]1(c2ccc([N+](=O)[O-])cc2)NC(=O)N(C[C@@H](O)COCc2ccccc2F)C1=O. The minimum Gasteiger partial charge on any atom is -0.389 e. The molecule has 1 saturated heterocycles. The van der Waals surface area contributed by atoms with Gasteiger partial charge in [0.2, 0.25) is 0 Å². The fourth-order valence-electron chi connectivity index (χ4n) is 3.16. The maximum absolute atomic E-state index is 13.6. The first-order valence-electron chi connectivity index (χ1n) is 9.10. The Morgan fingerprint density at radius 2 is 1.90 bits per heavy atom. The van der Waals surface area contributed by atoms with Crippen molar-refractivity contribution in [2.24, 2.45) is 0 Å². The van der Waals surface area contributed by atoms with E-state index in [1.54, 1.807) is 18.2 Å². The molecular weight excluding hydrogens is 397 g/mol. The molecule has 0 aliphatic carbocycles. The highest BCUT2D eigenvalue weighted by Crippen LogP contribution is 2.30. The van der Waals surface area contributed by atoms with Gasteiger partial charge in [-0.2, -0.15) is 0 Å². The number of nitrogens with one attached hydrogen (secondary N) is 1. The van der Waals surface area contributed by atoms with Crippen LogP contribution in [0.1, 0.15) is 18.1 Å². The number of nitrogens with zero attached hydrogens (tertiary/aromatic N) is 2. The Bertz CT molecular complexity index is 967. The largest absolute Gasteiger partial charge is 0.389 e. The van der Waals surface area contributed by atoms with E-state index in [4.69, 9.17) is 4.74 Å². The van der Waals surface area contributed by atoms with Crippen molar-refractivity contribution in [3.05, 3.63) is 75.6 Å². The molecule has 10 heteroatoms. The van der Waals surface area contributed by atoms with E-state index in [0.717, 1.165) is 4.90 Å². The van der Waals surface area contributed by atoms with Crippen molar-refractivity contribution >= 4 is 17.6 Å². The Morgan fingerprint density at radius 3 is 2.53 bits per heavy atom. The molecule has 1 fully saturated rings. The quantitative estimate of drug-likeness (QED) is 0.385. The van der Waals surface area contributed by atoms with E-state index in [1.165, 1.54) is 37.3 Å². The molecule has 1 aliphatic rings. The number of hydrogen-bond donors (Lipinski definition) is 2. The van der Waals surface area contributed by atoms with Gasteiger partial charge in [-0.25, -0.2) is 9.18 Å². The first-order valence-corrected chi connectivity index (χ1v) is 9.10. The molecule has 2 aromatic rings. The number of hydrogen-bond acceptors (Lipinski definition) is 6. The number of aliphatic hydroxyl groups is 1. The number of halogens is 1. The fraction of sp³-hybridized carbons (Fsp3) is 0.300. The van der Waals surface area contributed by atoms with Crippen LogP contribution < -0.4 is 5.32 Å². The van der Waals surface area contributed by atoms with Gasteiger partial charge in [0, 0.05) is 17.7 Å². The van der Waals surface area contributed by atoms with Gasteiger partial charge in [0.15, 0.2) is 0 Å². The third-order valence-corrected chi connectivity index (χ3v) is 4.85. The number of benzene rings is 2. The predicted octanol–water partition coefficient (Wildman–Crippen LogP) is 2.08. The van der Waals surface area contributed by atoms with Crippen LogP contribution in [0.2, 0.25) is 0 Å². The van der Waals surface area contributed by atoms with E-state index in [0.29, 0.717) is 11.1 Å². The Labute approximate surface area is 171 Å². The van der Waals surface area contributed by atoms with Gasteiger partial charge < -0.3 is 15.2 Å². The molecule has 2 N–H and O–H groups in total. The summed E-state index contributed by atoms with van der Waals surface area (Å²) in [4.78, 5) is 36.2. The third-order valence-electron chi connectivity index (χ3n) is 4.85. The Morgan fingerprint density at radius 1 is 1.23 bits per heavy atom. The topological polar surface area (TPSA) is 122 Å². The molecule has 0 unspecified atom stereocenters. The van der Waals surface area contributed by atoms with E-state index in [9.17, 15) is 29.2 Å². The summed E-state index contributed by atoms with van der Waals surface area (Å²) in [6, 6.07) is 10.6. The summed E-state index contributed by atoms with van der Waals surface area (Å²) in [5, 5.41) is 23.5. The van der Waals surface area contributed by atoms with Gasteiger partial charge in [0.1, 0.15) is 11.4 Å². The highest BCUT2D eigenvalue weighted by atomic mass is 19.1. The lowest BCUT2D eigenvalue weighted by molar-refractivity contribution is -0.384. The number of urea groups is 1. The molecular formula is C20H20FN3O6. The number of amides is 3. The zero-order valence-corrected chi connectivity index (χ0v) is 16.1. The first kappa shape index (κ1) is 21.3. The number of aliphatic hydroxyl groups excluding tert-OH is 1. The molecule has 2 atom stereocenters. The number of imide groups is 1. The van der Waals surface area contributed by atoms with Crippen LogP contribution in [0.3, 0.4) is 0 Å². The second kappa shape index (κ2) is 8.56. The Kier molecular flexibility index (Phi) is 6.09. The van der Waals surface area contributed by atoms with Gasteiger partial charge in [0.25, 0.3) is 11.6 Å². The smallest absolute Gasteiger partial charge is 0.325 e. The van der Waals surface area contributed by atoms with E-state index >= 15 is 0 Å². The zero-order valence-electron chi connectivity index (χ0n) is 16.1. The zero-order chi connectivity index (χ0) is 21.9. The lowest BCUT2D eigenvalue weighted by Gasteiger charge is -2.23. The van der Waals surface area contributed by atoms with Gasteiger partial charge in [0.05, 0.1) is 30.8 Å². The number of rotatable bonds is 8. The number of β-amino-alcohol motifs (C(OH)–C–C–N with tert-alkyl or cyclic N) is 1. The molecule has 0 aromatic heterocycles. The fourth-order valence-corrected chi connectivity index (χ4v) is 3.16. The van der Waals surface area contributed by atoms with Crippen LogP contribution >= 0.6 is 0 Å². The monoisotopic (exact) mass is 417 g/mol. The van der Waals surface area contributed by atoms with E-state index in [1.807, 2.05) is 0 Å². The van der Waals surface area contributed by atoms with Crippen LogP contribution in [0.15, 0.2) is 48.5 Å². The molecule has 0 spiro atoms. The molecule has 0 radical (unpaired) electrons. The second-order valence-electron chi connectivity index (χ2n) is 7.04. The standard InChI is InChI=1S/C20H20FN3O6/c1-20(14-6-8-15(9-7-14)24(28)29)18(26)23(19(27)22-20)10-16(25)12-30-11-13-4-2-3-5-17(13)21/h2-9,16,25H,10-12H2,1H3,(H,22,27)/t16-,20+/m1/s1. The number of carbonyl (C=O) groups excluding carboxylic acids is 2. The van der Waals surface area contributed by atoms with Crippen molar-refractivity contribution in [1.82, 2.24) is 10.2 Å². The summed E-state index contributed by atoms with van der Waals surface area (Å²) in [7, 11) is 0. The Hall–Kier alpha value is -3.37. The summed E-state index contributed by atoms with van der Waals surface area (Å²) < 4.78 is 18.9. The van der Waals surface area contributed by atoms with Crippen LogP contribution in [0.4, 0.5) is 14.9 Å². The molecule has 158 valence electrons. The number of ether oxygens (including phenoxy) is 1. The molecule has 2 aromatic carbocycles. The summed E-state index contributed by atoms with van der Waals surface area (Å²) >= 11 is 0. The van der Waals surface area contributed by atoms with Gasteiger partial charge in [-0.15, -0.1) is 0 Å². The second-order valence-corrected chi connectivity index (χ2v) is 7.04. The number of nitro benzene ring substituents is 1. The van der Waals surface area contributed by atoms with Crippen molar-refractivity contribution in [2.45, 2.75) is 25.2 Å². The normalized spacial score (nSPS) is 19.6. The minimum absolute atomic E-state index is 0.0651. The number of non-ortho nitro benzene ring substituents is 1. The number of nitro groups is 1. The maximum atomic E-state index is 13.6. The molecule has 30 heavy (non-hydrogen) atoms. The summed E-state index contributed by atoms with van der Waals surface area (Å²) in [5.74, 6) is -1.03. The highest BCUT2D eigenvalue weighted by Gasteiger charge is 2.49. The summed E-state index contributed by atoms with van der Waals surface area (Å²) in [6.45, 7) is 0.893. The van der Waals surface area contributed by atoms with E-state index in [-0.39, 0.29) is 25.4 Å². The van der Waals surface area contributed by atoms with Gasteiger partial charge >= 0.3 is 6.03 Å². The van der Waals surface area contributed by atoms with E-state index < -0.39 is 34.3 Å².